The predicted octanol–water partition coefficient (Wildman–Crippen LogP) is 15.1. The van der Waals surface area contributed by atoms with E-state index in [-0.39, 0.29) is 0 Å². The molecule has 2 aliphatic carbocycles. The van der Waals surface area contributed by atoms with Crippen LogP contribution in [-0.2, 0) is 5.41 Å². The minimum atomic E-state index is -0.602. The van der Waals surface area contributed by atoms with E-state index >= 15 is 0 Å². The molecule has 0 aliphatic heterocycles. The summed E-state index contributed by atoms with van der Waals surface area (Å²) in [6.45, 7) is 0. The van der Waals surface area contributed by atoms with Crippen LogP contribution < -0.4 is 4.90 Å². The van der Waals surface area contributed by atoms with Crippen LogP contribution in [0.15, 0.2) is 225 Å². The Labute approximate surface area is 337 Å². The van der Waals surface area contributed by atoms with E-state index in [1.54, 1.807) is 0 Å². The quantitative estimate of drug-likeness (QED) is 0.164. The van der Waals surface area contributed by atoms with Crippen molar-refractivity contribution in [2.24, 2.45) is 0 Å². The molecule has 2 heteroatoms. The molecule has 1 nitrogen and oxygen atoms in total. The zero-order valence-electron chi connectivity index (χ0n) is 31.2. The summed E-state index contributed by atoms with van der Waals surface area (Å²) in [7, 11) is 0. The second-order valence-electron chi connectivity index (χ2n) is 14.8. The zero-order chi connectivity index (χ0) is 37.8. The van der Waals surface area contributed by atoms with E-state index < -0.39 is 5.41 Å². The Hall–Kier alpha value is -7.00. The maximum absolute atomic E-state index is 2.53. The summed E-state index contributed by atoms with van der Waals surface area (Å²) in [4.78, 5) is 2.51. The van der Waals surface area contributed by atoms with Gasteiger partial charge in [0.05, 0.1) is 21.5 Å². The average molecular weight is 744 g/mol. The van der Waals surface area contributed by atoms with Gasteiger partial charge in [-0.1, -0.05) is 188 Å². The lowest BCUT2D eigenvalue weighted by atomic mass is 9.67. The van der Waals surface area contributed by atoms with Crippen molar-refractivity contribution in [1.82, 2.24) is 0 Å². The summed E-state index contributed by atoms with van der Waals surface area (Å²) in [6.07, 6.45) is 15.0. The largest absolute Gasteiger partial charge is 0.308 e. The van der Waals surface area contributed by atoms with E-state index in [1.165, 1.54) is 81.1 Å². The fourth-order valence-corrected chi connectivity index (χ4v) is 10.5. The monoisotopic (exact) mass is 743 g/mol. The molecule has 0 radical (unpaired) electrons. The third-order valence-corrected chi connectivity index (χ3v) is 13.0. The minimum absolute atomic E-state index is 0.602. The number of allylic oxidation sites excluding steroid dienone is 8. The van der Waals surface area contributed by atoms with Crippen LogP contribution in [0.3, 0.4) is 0 Å². The van der Waals surface area contributed by atoms with Crippen LogP contribution >= 0.6 is 11.3 Å². The normalized spacial score (nSPS) is 16.6. The first-order chi connectivity index (χ1) is 28.3. The van der Waals surface area contributed by atoms with E-state index in [9.17, 15) is 0 Å². The molecule has 0 N–H and O–H groups in total. The number of hydrogen-bond acceptors (Lipinski definition) is 2. The van der Waals surface area contributed by atoms with Crippen molar-refractivity contribution < 1.29 is 0 Å². The van der Waals surface area contributed by atoms with Gasteiger partial charge in [-0.25, -0.2) is 0 Å². The Bertz CT molecular complexity index is 3070. The van der Waals surface area contributed by atoms with E-state index in [0.29, 0.717) is 0 Å². The molecule has 0 saturated carbocycles. The molecule has 57 heavy (non-hydrogen) atoms. The van der Waals surface area contributed by atoms with Crippen LogP contribution in [0.2, 0.25) is 0 Å². The molecule has 9 aromatic rings. The fraction of sp³-hybridized carbons (Fsp3) is 0.0182. The number of hydrogen-bond donors (Lipinski definition) is 0. The first kappa shape index (κ1) is 33.3. The van der Waals surface area contributed by atoms with Gasteiger partial charge >= 0.3 is 0 Å². The Morgan fingerprint density at radius 3 is 1.84 bits per heavy atom. The average Bonchev–Trinajstić information content (AvgIpc) is 3.79. The van der Waals surface area contributed by atoms with Crippen molar-refractivity contribution in [1.29, 1.82) is 0 Å². The SMILES string of the molecule is C1=C\C(c2ccc3c(c2)C(c2ccccc2)(c2ccccc2)c2cc(N(c4ccccc4)c4cccc5c4sc4ccccc45)c4ccccc4c2-3)=C/C=C/C=C/1. The van der Waals surface area contributed by atoms with E-state index in [4.69, 9.17) is 0 Å². The number of rotatable bonds is 6. The lowest BCUT2D eigenvalue weighted by molar-refractivity contribution is 0.768. The van der Waals surface area contributed by atoms with Gasteiger partial charge in [-0.05, 0) is 86.3 Å². The van der Waals surface area contributed by atoms with Gasteiger partial charge < -0.3 is 4.90 Å². The first-order valence-electron chi connectivity index (χ1n) is 19.6. The Morgan fingerprint density at radius 2 is 1.07 bits per heavy atom. The Kier molecular flexibility index (Phi) is 7.98. The summed E-state index contributed by atoms with van der Waals surface area (Å²) in [6, 6.07) is 67.6. The first-order valence-corrected chi connectivity index (χ1v) is 20.4. The molecule has 2 aliphatic rings. The molecule has 0 saturated heterocycles. The van der Waals surface area contributed by atoms with Crippen molar-refractivity contribution in [2.75, 3.05) is 4.90 Å². The summed E-state index contributed by atoms with van der Waals surface area (Å²) in [5, 5.41) is 5.04. The summed E-state index contributed by atoms with van der Waals surface area (Å²) >= 11 is 1.88. The van der Waals surface area contributed by atoms with Gasteiger partial charge in [-0.15, -0.1) is 11.3 Å². The maximum Gasteiger partial charge on any atom is 0.0714 e. The van der Waals surface area contributed by atoms with Crippen LogP contribution in [0, 0.1) is 0 Å². The summed E-state index contributed by atoms with van der Waals surface area (Å²) in [5.41, 5.74) is 12.9. The molecule has 0 fully saturated rings. The second-order valence-corrected chi connectivity index (χ2v) is 15.8. The van der Waals surface area contributed by atoms with E-state index in [1.807, 2.05) is 11.3 Å². The predicted molar refractivity (Wildman–Crippen MR) is 244 cm³/mol. The molecule has 0 bridgehead atoms. The maximum atomic E-state index is 2.53. The number of thiophene rings is 1. The van der Waals surface area contributed by atoms with Crippen molar-refractivity contribution in [3.63, 3.8) is 0 Å². The van der Waals surface area contributed by atoms with Crippen LogP contribution in [-0.4, -0.2) is 0 Å². The lowest BCUT2D eigenvalue weighted by Crippen LogP contribution is -2.29. The molecule has 268 valence electrons. The van der Waals surface area contributed by atoms with E-state index in [2.05, 4.69) is 229 Å². The van der Waals surface area contributed by atoms with Gasteiger partial charge in [0.15, 0.2) is 0 Å². The molecule has 1 aromatic heterocycles. The number of fused-ring (bicyclic) bond motifs is 8. The highest BCUT2D eigenvalue weighted by atomic mass is 32.1. The van der Waals surface area contributed by atoms with Gasteiger partial charge in [0, 0.05) is 26.5 Å². The van der Waals surface area contributed by atoms with Crippen LogP contribution in [0.25, 0.3) is 47.6 Å². The topological polar surface area (TPSA) is 3.24 Å². The van der Waals surface area contributed by atoms with Gasteiger partial charge in [0.1, 0.15) is 0 Å². The molecule has 11 rings (SSSR count). The van der Waals surface area contributed by atoms with Crippen molar-refractivity contribution in [3.05, 3.63) is 252 Å². The molecular weight excluding hydrogens is 707 g/mol. The fourth-order valence-electron chi connectivity index (χ4n) is 9.34. The van der Waals surface area contributed by atoms with Crippen LogP contribution in [0.1, 0.15) is 27.8 Å². The molecule has 0 amide bonds. The molecule has 0 spiro atoms. The molecule has 0 atom stereocenters. The van der Waals surface area contributed by atoms with E-state index in [0.717, 1.165) is 11.4 Å². The smallest absolute Gasteiger partial charge is 0.0714 e. The Balaban J connectivity index is 1.28. The summed E-state index contributed by atoms with van der Waals surface area (Å²) in [5.74, 6) is 0. The lowest BCUT2D eigenvalue weighted by Gasteiger charge is -2.35. The minimum Gasteiger partial charge on any atom is -0.308 e. The highest BCUT2D eigenvalue weighted by Crippen LogP contribution is 2.60. The van der Waals surface area contributed by atoms with Gasteiger partial charge in [0.2, 0.25) is 0 Å². The third kappa shape index (κ3) is 5.22. The number of para-hydroxylation sites is 1. The Morgan fingerprint density at radius 1 is 0.439 bits per heavy atom. The van der Waals surface area contributed by atoms with Gasteiger partial charge in [-0.2, -0.15) is 0 Å². The van der Waals surface area contributed by atoms with Crippen LogP contribution in [0.4, 0.5) is 17.1 Å². The van der Waals surface area contributed by atoms with Crippen molar-refractivity contribution >= 4 is 64.9 Å². The zero-order valence-corrected chi connectivity index (χ0v) is 32.0. The van der Waals surface area contributed by atoms with Crippen molar-refractivity contribution in [2.45, 2.75) is 5.41 Å². The standard InChI is InChI=1S/C55H37NS/c1-2-7-20-38(21-8-3-1)39-34-35-47-48(36-39)55(40-22-9-4-10-23-40,41-24-11-5-12-25-41)49-37-51(43-28-15-16-30-45(43)53(47)49)56(42-26-13-6-14-27-42)50-32-19-31-46-44-29-17-18-33-52(44)57-54(46)50/h1-37H/b2-1+,3-1?,7-2?,8-3+,20-7-,21-8?,38-20?,38-21+. The number of nitrogens with zero attached hydrogens (tertiary/aromatic N) is 1. The van der Waals surface area contributed by atoms with Gasteiger partial charge in [-0.3, -0.25) is 0 Å². The number of anilines is 3. The molecule has 8 aromatic carbocycles. The molecule has 0 unspecified atom stereocenters. The molecule has 1 heterocycles. The van der Waals surface area contributed by atoms with Crippen molar-refractivity contribution in [3.8, 4) is 11.1 Å². The molecular formula is C55H37NS. The second kappa shape index (κ2) is 13.6. The highest BCUT2D eigenvalue weighted by Gasteiger charge is 2.47. The summed E-state index contributed by atoms with van der Waals surface area (Å²) < 4.78 is 2.58. The third-order valence-electron chi connectivity index (χ3n) is 11.7. The number of benzene rings is 8. The van der Waals surface area contributed by atoms with Gasteiger partial charge in [0.25, 0.3) is 0 Å². The van der Waals surface area contributed by atoms with Crippen LogP contribution in [0.5, 0.6) is 0 Å². The highest BCUT2D eigenvalue weighted by molar-refractivity contribution is 7.26.